The van der Waals surface area contributed by atoms with Gasteiger partial charge in [-0.1, -0.05) is 0 Å². The third-order valence-corrected chi connectivity index (χ3v) is 11.6. The van der Waals surface area contributed by atoms with E-state index in [-0.39, 0.29) is 16.8 Å². The van der Waals surface area contributed by atoms with Gasteiger partial charge in [-0.25, -0.2) is 19.3 Å². The summed E-state index contributed by atoms with van der Waals surface area (Å²) in [5.74, 6) is 2.29. The molecule has 3 bridgehead atoms. The molecule has 1 spiro atoms. The maximum Gasteiger partial charge on any atom is 0.165 e. The zero-order valence-corrected chi connectivity index (χ0v) is 21.9. The topological polar surface area (TPSA) is 75.9 Å². The van der Waals surface area contributed by atoms with Crippen LogP contribution in [0.1, 0.15) is 38.5 Å². The van der Waals surface area contributed by atoms with Gasteiger partial charge in [0.15, 0.2) is 11.5 Å². The lowest BCUT2D eigenvalue weighted by atomic mass is 9.51. The smallest absolute Gasteiger partial charge is 0.165 e. The Hall–Kier alpha value is -1.50. The Bertz CT molecular complexity index is 1520. The zero-order valence-electron chi connectivity index (χ0n) is 18.1. The van der Waals surface area contributed by atoms with Crippen LogP contribution in [0, 0.1) is 23.1 Å². The molecule has 174 valence electrons. The van der Waals surface area contributed by atoms with E-state index >= 15 is 0 Å². The number of aromatic nitrogens is 4. The maximum atomic E-state index is 14.1. The molecule has 4 aromatic rings. The molecule has 4 heterocycles. The Kier molecular flexibility index (Phi) is 4.03. The molecular weight excluding hydrogens is 584 g/mol. The lowest BCUT2D eigenvalue weighted by molar-refractivity contribution is -0.0314. The number of pyridine rings is 1. The van der Waals surface area contributed by atoms with Crippen LogP contribution in [-0.4, -0.2) is 35.2 Å². The third-order valence-electron chi connectivity index (χ3n) is 9.14. The van der Waals surface area contributed by atoms with Crippen LogP contribution in [-0.2, 0) is 0 Å². The van der Waals surface area contributed by atoms with Crippen molar-refractivity contribution in [1.82, 2.24) is 18.9 Å². The highest BCUT2D eigenvalue weighted by atomic mass is 127. The fourth-order valence-electron chi connectivity index (χ4n) is 8.22. The summed E-state index contributed by atoms with van der Waals surface area (Å²) in [5, 5.41) is 18.9. The molecule has 2 N–H and O–H groups in total. The SMILES string of the molecule is OC12CC3CC4(Nc5nc(-c6cn(SI)c7ncc(F)cc67)nc6sccc56)CC(C1)C4(C3)C2. The molecule has 0 radical (unpaired) electrons. The van der Waals surface area contributed by atoms with Gasteiger partial charge in [0.1, 0.15) is 16.5 Å². The number of thiophene rings is 1. The van der Waals surface area contributed by atoms with Gasteiger partial charge in [0.25, 0.3) is 0 Å². The highest BCUT2D eigenvalue weighted by molar-refractivity contribution is 14.2. The number of aliphatic hydroxyl groups is 1. The van der Waals surface area contributed by atoms with Crippen molar-refractivity contribution in [2.45, 2.75) is 49.7 Å². The van der Waals surface area contributed by atoms with Gasteiger partial charge in [-0.15, -0.1) is 11.3 Å². The van der Waals surface area contributed by atoms with Crippen LogP contribution in [0.2, 0.25) is 0 Å². The average Bonchev–Trinajstić information content (AvgIpc) is 3.49. The predicted molar refractivity (Wildman–Crippen MR) is 142 cm³/mol. The van der Waals surface area contributed by atoms with Gasteiger partial charge in [-0.05, 0) is 73.3 Å². The second-order valence-corrected chi connectivity index (χ2v) is 13.5. The summed E-state index contributed by atoms with van der Waals surface area (Å²) >= 11 is 3.80. The zero-order chi connectivity index (χ0) is 22.9. The van der Waals surface area contributed by atoms with Crippen molar-refractivity contribution >= 4 is 68.7 Å². The van der Waals surface area contributed by atoms with Crippen LogP contribution >= 0.6 is 41.7 Å². The third kappa shape index (κ3) is 2.53. The van der Waals surface area contributed by atoms with Gasteiger partial charge in [0.05, 0.1) is 17.2 Å². The number of anilines is 1. The first-order valence-electron chi connectivity index (χ1n) is 11.6. The number of rotatable bonds is 4. The highest BCUT2D eigenvalue weighted by Gasteiger charge is 2.77. The molecule has 4 aromatic heterocycles. The monoisotopic (exact) mass is 605 g/mol. The van der Waals surface area contributed by atoms with E-state index < -0.39 is 5.60 Å². The number of hydrogen-bond donors (Lipinski definition) is 2. The molecule has 0 saturated heterocycles. The van der Waals surface area contributed by atoms with Crippen molar-refractivity contribution in [1.29, 1.82) is 0 Å². The lowest BCUT2D eigenvalue weighted by Gasteiger charge is -2.59. The largest absolute Gasteiger partial charge is 0.390 e. The van der Waals surface area contributed by atoms with E-state index in [1.54, 1.807) is 11.3 Å². The standard InChI is InChI=1S/C24H21FIN5OS2/c25-14-3-16-17(10-31(34-26)20(16)27-9-14)18-28-19(15-1-2-33-21(15)29-18)30-24-6-12-4-22(32)7-13(8-24)23(24,5-12)11-22/h1-3,9-10,12-13,32H,4-8,11H2,(H,28,29,30). The minimum absolute atomic E-state index is 0.00350. The predicted octanol–water partition coefficient (Wildman–Crippen LogP) is 6.19. The Balaban J connectivity index is 1.28. The fourth-order valence-corrected chi connectivity index (χ4v) is 10.2. The highest BCUT2D eigenvalue weighted by Crippen LogP contribution is 2.78. The van der Waals surface area contributed by atoms with Crippen molar-refractivity contribution < 1.29 is 9.50 Å². The van der Waals surface area contributed by atoms with Crippen LogP contribution in [0.25, 0.3) is 32.6 Å². The summed E-state index contributed by atoms with van der Waals surface area (Å²) in [6, 6.07) is 3.61. The van der Waals surface area contributed by atoms with Gasteiger partial charge in [-0.3, -0.25) is 3.97 Å². The Morgan fingerprint density at radius 2 is 2.12 bits per heavy atom. The molecular formula is C24H21FIN5OS2. The molecule has 4 saturated carbocycles. The molecule has 5 unspecified atom stereocenters. The van der Waals surface area contributed by atoms with Gasteiger partial charge in [0.2, 0.25) is 0 Å². The first-order valence-corrected chi connectivity index (χ1v) is 15.8. The second kappa shape index (κ2) is 6.63. The first kappa shape index (κ1) is 20.7. The van der Waals surface area contributed by atoms with E-state index in [0.717, 1.165) is 53.7 Å². The van der Waals surface area contributed by atoms with Gasteiger partial charge >= 0.3 is 0 Å². The van der Waals surface area contributed by atoms with Crippen molar-refractivity contribution in [2.24, 2.45) is 17.3 Å². The van der Waals surface area contributed by atoms with Gasteiger partial charge < -0.3 is 10.4 Å². The molecule has 5 atom stereocenters. The second-order valence-electron chi connectivity index (χ2n) is 10.8. The van der Waals surface area contributed by atoms with E-state index in [2.05, 4.69) is 43.0 Å². The maximum absolute atomic E-state index is 14.1. The Morgan fingerprint density at radius 3 is 3.00 bits per heavy atom. The van der Waals surface area contributed by atoms with Crippen LogP contribution < -0.4 is 5.32 Å². The average molecular weight is 606 g/mol. The molecule has 4 fully saturated rings. The summed E-state index contributed by atoms with van der Waals surface area (Å²) in [7, 11) is 1.49. The number of hydrogen-bond acceptors (Lipinski definition) is 7. The van der Waals surface area contributed by atoms with E-state index in [1.807, 2.05) is 10.2 Å². The van der Waals surface area contributed by atoms with E-state index in [0.29, 0.717) is 28.7 Å². The molecule has 0 aliphatic heterocycles. The molecule has 6 nitrogen and oxygen atoms in total. The van der Waals surface area contributed by atoms with Crippen LogP contribution in [0.3, 0.4) is 0 Å². The number of nitrogens with zero attached hydrogens (tertiary/aromatic N) is 4. The quantitative estimate of drug-likeness (QED) is 0.271. The number of fused-ring (bicyclic) bond motifs is 4. The lowest BCUT2D eigenvalue weighted by Crippen LogP contribution is -2.62. The minimum atomic E-state index is -0.460. The number of halogens is 2. The molecule has 8 rings (SSSR count). The van der Waals surface area contributed by atoms with E-state index in [1.165, 1.54) is 27.8 Å². The summed E-state index contributed by atoms with van der Waals surface area (Å²) in [5.41, 5.74) is 1.22. The molecule has 34 heavy (non-hydrogen) atoms. The summed E-state index contributed by atoms with van der Waals surface area (Å²) in [4.78, 5) is 15.2. The fraction of sp³-hybridized carbons (Fsp3) is 0.458. The van der Waals surface area contributed by atoms with Gasteiger partial charge in [-0.2, -0.15) is 0 Å². The molecule has 0 amide bonds. The molecule has 4 aliphatic carbocycles. The van der Waals surface area contributed by atoms with Gasteiger partial charge in [0, 0.05) is 53.0 Å². The normalized spacial score (nSPS) is 35.3. The van der Waals surface area contributed by atoms with Crippen LogP contribution in [0.15, 0.2) is 29.9 Å². The Morgan fingerprint density at radius 1 is 1.21 bits per heavy atom. The van der Waals surface area contributed by atoms with Crippen molar-refractivity contribution in [3.05, 3.63) is 35.7 Å². The summed E-state index contributed by atoms with van der Waals surface area (Å²) < 4.78 is 16.1. The molecule has 4 aliphatic rings. The van der Waals surface area contributed by atoms with Crippen LogP contribution in [0.5, 0.6) is 0 Å². The van der Waals surface area contributed by atoms with E-state index in [4.69, 9.17) is 9.97 Å². The molecule has 10 heteroatoms. The summed E-state index contributed by atoms with van der Waals surface area (Å²) in [6.07, 6.45) is 9.47. The van der Waals surface area contributed by atoms with E-state index in [9.17, 15) is 9.50 Å². The summed E-state index contributed by atoms with van der Waals surface area (Å²) in [6.45, 7) is 0. The Labute approximate surface area is 215 Å². The number of nitrogens with one attached hydrogen (secondary N) is 1. The molecule has 0 aromatic carbocycles. The van der Waals surface area contributed by atoms with Crippen molar-refractivity contribution in [3.63, 3.8) is 0 Å². The minimum Gasteiger partial charge on any atom is -0.390 e. The van der Waals surface area contributed by atoms with Crippen LogP contribution in [0.4, 0.5) is 10.2 Å². The first-order chi connectivity index (χ1) is 16.4. The van der Waals surface area contributed by atoms with Crippen molar-refractivity contribution in [3.8, 4) is 11.4 Å². The van der Waals surface area contributed by atoms with Crippen molar-refractivity contribution in [2.75, 3.05) is 5.32 Å².